The van der Waals surface area contributed by atoms with Gasteiger partial charge in [0.25, 0.3) is 0 Å². The van der Waals surface area contributed by atoms with Crippen molar-refractivity contribution in [3.63, 3.8) is 0 Å². The van der Waals surface area contributed by atoms with Gasteiger partial charge in [-0.25, -0.2) is 0 Å². The summed E-state index contributed by atoms with van der Waals surface area (Å²) in [5.41, 5.74) is 6.39. The predicted molar refractivity (Wildman–Crippen MR) is 74.3 cm³/mol. The van der Waals surface area contributed by atoms with Crippen molar-refractivity contribution in [3.05, 3.63) is 4.88 Å². The van der Waals surface area contributed by atoms with Gasteiger partial charge < -0.3 is 20.3 Å². The van der Waals surface area contributed by atoms with E-state index >= 15 is 0 Å². The number of hydrogen-bond acceptors (Lipinski definition) is 6. The van der Waals surface area contributed by atoms with E-state index in [1.807, 2.05) is 0 Å². The summed E-state index contributed by atoms with van der Waals surface area (Å²) in [6.45, 7) is 4.04. The number of nitrogens with zero attached hydrogens (tertiary/aromatic N) is 3. The smallest absolute Gasteiger partial charge is 0.177 e. The van der Waals surface area contributed by atoms with Gasteiger partial charge in [0, 0.05) is 19.6 Å². The van der Waals surface area contributed by atoms with Gasteiger partial charge in [-0.15, -0.1) is 11.3 Å². The Bertz CT molecular complexity index is 465. The molecule has 98 valence electrons. The minimum absolute atomic E-state index is 0.470. The van der Waals surface area contributed by atoms with Crippen LogP contribution >= 0.6 is 11.3 Å². The molecule has 0 radical (unpaired) electrons. The molecular weight excluding hydrogens is 248 g/mol. The topological polar surface area (TPSA) is 65.5 Å². The number of methoxy groups -OCH3 is 1. The van der Waals surface area contributed by atoms with E-state index in [-0.39, 0.29) is 0 Å². The highest BCUT2D eigenvalue weighted by Crippen LogP contribution is 2.44. The van der Waals surface area contributed by atoms with Crippen LogP contribution < -0.4 is 15.4 Å². The van der Waals surface area contributed by atoms with Crippen molar-refractivity contribution in [3.8, 4) is 11.8 Å². The quantitative estimate of drug-likeness (QED) is 0.875. The van der Waals surface area contributed by atoms with Crippen molar-refractivity contribution in [2.75, 3.05) is 51.0 Å². The average molecular weight is 266 g/mol. The van der Waals surface area contributed by atoms with Crippen LogP contribution in [0.3, 0.4) is 0 Å². The van der Waals surface area contributed by atoms with Crippen LogP contribution in [0.5, 0.6) is 5.75 Å². The zero-order valence-corrected chi connectivity index (χ0v) is 11.6. The summed E-state index contributed by atoms with van der Waals surface area (Å²) in [5.74, 6) is 0.654. The van der Waals surface area contributed by atoms with E-state index in [9.17, 15) is 0 Å². The highest BCUT2D eigenvalue weighted by molar-refractivity contribution is 7.17. The molecule has 0 saturated carbocycles. The number of thiophene rings is 1. The van der Waals surface area contributed by atoms with Crippen molar-refractivity contribution in [1.29, 1.82) is 5.26 Å². The molecular formula is C12H18N4OS. The molecule has 2 heterocycles. The lowest BCUT2D eigenvalue weighted by Crippen LogP contribution is -2.28. The molecule has 0 aliphatic carbocycles. The summed E-state index contributed by atoms with van der Waals surface area (Å²) in [6, 6.07) is 2.13. The molecule has 5 nitrogen and oxygen atoms in total. The van der Waals surface area contributed by atoms with Gasteiger partial charge in [0.05, 0.1) is 7.11 Å². The van der Waals surface area contributed by atoms with Crippen molar-refractivity contribution in [1.82, 2.24) is 4.90 Å². The normalized spacial score (nSPS) is 17.3. The van der Waals surface area contributed by atoms with Gasteiger partial charge in [0.1, 0.15) is 21.6 Å². The minimum atomic E-state index is 0.470. The van der Waals surface area contributed by atoms with Crippen LogP contribution in [0.2, 0.25) is 0 Å². The molecule has 1 aliphatic heterocycles. The summed E-state index contributed by atoms with van der Waals surface area (Å²) in [5, 5.41) is 10.0. The van der Waals surface area contributed by atoms with Gasteiger partial charge in [-0.2, -0.15) is 5.26 Å². The number of ether oxygens (including phenoxy) is 1. The highest BCUT2D eigenvalue weighted by Gasteiger charge is 2.23. The summed E-state index contributed by atoms with van der Waals surface area (Å²) >= 11 is 1.42. The average Bonchev–Trinajstić information content (AvgIpc) is 2.54. The van der Waals surface area contributed by atoms with Crippen molar-refractivity contribution < 1.29 is 4.74 Å². The Kier molecular flexibility index (Phi) is 3.94. The number of likely N-dealkylation sites (N-methyl/N-ethyl adjacent to an activating group) is 1. The van der Waals surface area contributed by atoms with Crippen LogP contribution in [0, 0.1) is 11.3 Å². The van der Waals surface area contributed by atoms with Crippen LogP contribution in [0.15, 0.2) is 0 Å². The summed E-state index contributed by atoms with van der Waals surface area (Å²) in [4.78, 5) is 5.12. The minimum Gasteiger partial charge on any atom is -0.492 e. The largest absolute Gasteiger partial charge is 0.492 e. The molecule has 0 aromatic carbocycles. The van der Waals surface area contributed by atoms with E-state index < -0.39 is 0 Å². The number of rotatable bonds is 2. The van der Waals surface area contributed by atoms with Crippen LogP contribution in [-0.4, -0.2) is 45.2 Å². The van der Waals surface area contributed by atoms with E-state index in [2.05, 4.69) is 22.9 Å². The van der Waals surface area contributed by atoms with Gasteiger partial charge in [-0.05, 0) is 20.0 Å². The first-order valence-corrected chi connectivity index (χ1v) is 6.79. The standard InChI is InChI=1S/C12H18N4OS/c1-15-4-3-5-16(7-6-15)12-11(17-2)10(14)9(8-13)18-12/h3-7,14H2,1-2H3. The van der Waals surface area contributed by atoms with E-state index in [4.69, 9.17) is 15.7 Å². The van der Waals surface area contributed by atoms with E-state index in [1.165, 1.54) is 11.3 Å². The number of nitriles is 1. The lowest BCUT2D eigenvalue weighted by atomic mass is 10.3. The van der Waals surface area contributed by atoms with E-state index in [1.54, 1.807) is 7.11 Å². The first-order chi connectivity index (χ1) is 8.67. The zero-order chi connectivity index (χ0) is 13.1. The lowest BCUT2D eigenvalue weighted by molar-refractivity contribution is 0.360. The lowest BCUT2D eigenvalue weighted by Gasteiger charge is -2.21. The van der Waals surface area contributed by atoms with Crippen molar-refractivity contribution in [2.45, 2.75) is 6.42 Å². The number of nitrogen functional groups attached to an aromatic ring is 1. The van der Waals surface area contributed by atoms with E-state index in [0.717, 1.165) is 37.6 Å². The van der Waals surface area contributed by atoms with E-state index in [0.29, 0.717) is 16.3 Å². The molecule has 1 aromatic rings. The number of nitrogens with two attached hydrogens (primary N) is 1. The van der Waals surface area contributed by atoms with Gasteiger partial charge in [-0.3, -0.25) is 0 Å². The molecule has 18 heavy (non-hydrogen) atoms. The van der Waals surface area contributed by atoms with Crippen LogP contribution in [0.4, 0.5) is 10.7 Å². The maximum Gasteiger partial charge on any atom is 0.177 e. The molecule has 6 heteroatoms. The van der Waals surface area contributed by atoms with Gasteiger partial charge in [-0.1, -0.05) is 0 Å². The van der Waals surface area contributed by atoms with Crippen LogP contribution in [0.25, 0.3) is 0 Å². The highest BCUT2D eigenvalue weighted by atomic mass is 32.1. The van der Waals surface area contributed by atoms with Crippen molar-refractivity contribution in [2.24, 2.45) is 0 Å². The molecule has 1 fully saturated rings. The zero-order valence-electron chi connectivity index (χ0n) is 10.8. The molecule has 0 unspecified atom stereocenters. The third-order valence-corrected chi connectivity index (χ3v) is 4.35. The van der Waals surface area contributed by atoms with Gasteiger partial charge >= 0.3 is 0 Å². The molecule has 2 N–H and O–H groups in total. The fraction of sp³-hybridized carbons (Fsp3) is 0.583. The second kappa shape index (κ2) is 5.46. The third kappa shape index (κ3) is 2.37. The van der Waals surface area contributed by atoms with Crippen LogP contribution in [-0.2, 0) is 0 Å². The third-order valence-electron chi connectivity index (χ3n) is 3.19. The second-order valence-corrected chi connectivity index (χ2v) is 5.44. The molecule has 0 atom stereocenters. The fourth-order valence-electron chi connectivity index (χ4n) is 2.15. The van der Waals surface area contributed by atoms with Gasteiger partial charge in [0.2, 0.25) is 0 Å². The van der Waals surface area contributed by atoms with Gasteiger partial charge in [0.15, 0.2) is 5.75 Å². The SMILES string of the molecule is COc1c(N2CCCN(C)CC2)sc(C#N)c1N. The fourth-order valence-corrected chi connectivity index (χ4v) is 3.19. The summed E-state index contributed by atoms with van der Waals surface area (Å²) in [7, 11) is 3.73. The predicted octanol–water partition coefficient (Wildman–Crippen LogP) is 1.35. The number of hydrogen-bond donors (Lipinski definition) is 1. The Morgan fingerprint density at radius 2 is 2.11 bits per heavy atom. The molecule has 1 aromatic heterocycles. The summed E-state index contributed by atoms with van der Waals surface area (Å²) < 4.78 is 5.36. The molecule has 1 saturated heterocycles. The summed E-state index contributed by atoms with van der Waals surface area (Å²) in [6.07, 6.45) is 1.11. The Morgan fingerprint density at radius 1 is 1.33 bits per heavy atom. The first kappa shape index (κ1) is 13.0. The Balaban J connectivity index is 2.29. The molecule has 1 aliphatic rings. The Labute approximate surface area is 111 Å². The molecule has 0 bridgehead atoms. The number of anilines is 2. The molecule has 0 spiro atoms. The Morgan fingerprint density at radius 3 is 2.78 bits per heavy atom. The van der Waals surface area contributed by atoms with Crippen molar-refractivity contribution >= 4 is 22.0 Å². The Hall–Kier alpha value is -1.45. The first-order valence-electron chi connectivity index (χ1n) is 5.97. The maximum absolute atomic E-state index is 9.05. The molecule has 2 rings (SSSR count). The van der Waals surface area contributed by atoms with Crippen LogP contribution in [0.1, 0.15) is 11.3 Å². The second-order valence-electron chi connectivity index (χ2n) is 4.44. The monoisotopic (exact) mass is 266 g/mol. The maximum atomic E-state index is 9.05. The molecule has 0 amide bonds.